The topological polar surface area (TPSA) is 9.23 Å². The zero-order valence-electron chi connectivity index (χ0n) is 18.6. The molecule has 0 aliphatic heterocycles. The number of hydrogen-bond donors (Lipinski definition) is 0. The maximum absolute atomic E-state index is 14.5. The van der Waals surface area contributed by atoms with Gasteiger partial charge < -0.3 is 4.74 Å². The zero-order valence-corrected chi connectivity index (χ0v) is 18.6. The average Bonchev–Trinajstić information content (AvgIpc) is 2.76. The van der Waals surface area contributed by atoms with Crippen molar-refractivity contribution in [3.63, 3.8) is 0 Å². The van der Waals surface area contributed by atoms with Gasteiger partial charge in [0.05, 0.1) is 12.2 Å². The molecule has 3 rings (SSSR count). The van der Waals surface area contributed by atoms with E-state index in [0.29, 0.717) is 24.0 Å². The molecular weight excluding hydrogens is 461 g/mol. The van der Waals surface area contributed by atoms with Crippen LogP contribution in [-0.2, 0) is 23.4 Å². The number of alkyl halides is 5. The monoisotopic (exact) mass is 488 g/mol. The molecule has 0 radical (unpaired) electrons. The molecule has 0 spiro atoms. The van der Waals surface area contributed by atoms with Gasteiger partial charge in [0.1, 0.15) is 17.2 Å². The van der Waals surface area contributed by atoms with Crippen molar-refractivity contribution in [1.29, 1.82) is 0 Å². The van der Waals surface area contributed by atoms with Crippen LogP contribution in [0.2, 0.25) is 0 Å². The van der Waals surface area contributed by atoms with E-state index in [2.05, 4.69) is 11.3 Å². The van der Waals surface area contributed by atoms with E-state index in [1.165, 1.54) is 12.1 Å². The van der Waals surface area contributed by atoms with Crippen molar-refractivity contribution in [3.05, 3.63) is 82.9 Å². The maximum atomic E-state index is 14.5. The first-order chi connectivity index (χ1) is 16.0. The quantitative estimate of drug-likeness (QED) is 0.254. The second-order valence-corrected chi connectivity index (χ2v) is 8.75. The number of rotatable bonds is 9. The molecule has 186 valence electrons. The molecule has 0 N–H and O–H groups in total. The first-order valence-electron chi connectivity index (χ1n) is 11.3. The minimum atomic E-state index is -5.19. The van der Waals surface area contributed by atoms with Gasteiger partial charge in [-0.05, 0) is 80.0 Å². The summed E-state index contributed by atoms with van der Waals surface area (Å²) in [5.74, 6) is -2.58. The van der Waals surface area contributed by atoms with Crippen LogP contribution in [0.25, 0.3) is 0 Å². The summed E-state index contributed by atoms with van der Waals surface area (Å²) in [5, 5.41) is 0. The van der Waals surface area contributed by atoms with Crippen LogP contribution in [0.3, 0.4) is 0 Å². The van der Waals surface area contributed by atoms with E-state index < -0.39 is 36.1 Å². The summed E-state index contributed by atoms with van der Waals surface area (Å²) in [5.41, 5.74) is -1.58. The minimum absolute atomic E-state index is 0.210. The van der Waals surface area contributed by atoms with Crippen molar-refractivity contribution >= 4 is 0 Å². The molecule has 1 aliphatic carbocycles. The van der Waals surface area contributed by atoms with E-state index in [-0.39, 0.29) is 17.5 Å². The van der Waals surface area contributed by atoms with Gasteiger partial charge in [0.15, 0.2) is 0 Å². The van der Waals surface area contributed by atoms with Crippen LogP contribution >= 0.6 is 0 Å². The maximum Gasteiger partial charge on any atom is 0.422 e. The summed E-state index contributed by atoms with van der Waals surface area (Å²) in [6.45, 7) is 3.12. The van der Waals surface area contributed by atoms with Crippen molar-refractivity contribution in [2.75, 3.05) is 6.61 Å². The molecular formula is C26H27F7O. The Bertz CT molecular complexity index is 935. The van der Waals surface area contributed by atoms with E-state index >= 15 is 0 Å². The standard InChI is InChI=1S/C26H27F7O/c1-2-3-4-17-5-7-19(8-6-17)20-9-11-21(12-10-20)26(32,33)34-14-13-18-15-22(27)24(23(28)16-18)25(29,30)31/h2,9-12,15-17,19H,1,3-8,13-14H2. The van der Waals surface area contributed by atoms with Crippen LogP contribution in [-0.4, -0.2) is 6.61 Å². The molecule has 1 aliphatic rings. The molecule has 0 amide bonds. The molecule has 2 aromatic rings. The van der Waals surface area contributed by atoms with Crippen LogP contribution in [0.1, 0.15) is 66.7 Å². The summed E-state index contributed by atoms with van der Waals surface area (Å²) >= 11 is 0. The summed E-state index contributed by atoms with van der Waals surface area (Å²) in [7, 11) is 0. The first kappa shape index (κ1) is 26.3. The smallest absolute Gasteiger partial charge is 0.316 e. The zero-order chi connectivity index (χ0) is 24.9. The normalized spacial score (nSPS) is 19.3. The molecule has 34 heavy (non-hydrogen) atoms. The number of halogens is 7. The predicted molar refractivity (Wildman–Crippen MR) is 115 cm³/mol. The minimum Gasteiger partial charge on any atom is -0.316 e. The average molecular weight is 488 g/mol. The lowest BCUT2D eigenvalue weighted by atomic mass is 9.77. The Morgan fingerprint density at radius 2 is 1.50 bits per heavy atom. The fraction of sp³-hybridized carbons (Fsp3) is 0.462. The fourth-order valence-electron chi connectivity index (χ4n) is 4.51. The van der Waals surface area contributed by atoms with Crippen molar-refractivity contribution in [2.45, 2.75) is 63.1 Å². The van der Waals surface area contributed by atoms with E-state index in [1.807, 2.05) is 6.08 Å². The van der Waals surface area contributed by atoms with Gasteiger partial charge in [0.25, 0.3) is 0 Å². The first-order valence-corrected chi connectivity index (χ1v) is 11.3. The highest BCUT2D eigenvalue weighted by Gasteiger charge is 2.38. The third kappa shape index (κ3) is 6.62. The van der Waals surface area contributed by atoms with Gasteiger partial charge >= 0.3 is 12.3 Å². The molecule has 1 nitrogen and oxygen atoms in total. The fourth-order valence-corrected chi connectivity index (χ4v) is 4.51. The Labute approximate surface area is 194 Å². The predicted octanol–water partition coefficient (Wildman–Crippen LogP) is 8.53. The molecule has 1 fully saturated rings. The summed E-state index contributed by atoms with van der Waals surface area (Å²) in [6.07, 6.45) is -0.941. The molecule has 0 heterocycles. The lowest BCUT2D eigenvalue weighted by molar-refractivity contribution is -0.248. The Morgan fingerprint density at radius 3 is 2.03 bits per heavy atom. The summed E-state index contributed by atoms with van der Waals surface area (Å²) < 4.78 is 98.7. The molecule has 0 unspecified atom stereocenters. The largest absolute Gasteiger partial charge is 0.422 e. The highest BCUT2D eigenvalue weighted by atomic mass is 19.4. The second kappa shape index (κ2) is 10.9. The van der Waals surface area contributed by atoms with E-state index in [0.717, 1.165) is 44.1 Å². The molecule has 0 bridgehead atoms. The van der Waals surface area contributed by atoms with Crippen LogP contribution in [0.15, 0.2) is 49.1 Å². The Kier molecular flexibility index (Phi) is 8.44. The Morgan fingerprint density at radius 1 is 0.912 bits per heavy atom. The van der Waals surface area contributed by atoms with Gasteiger partial charge in [0.2, 0.25) is 0 Å². The van der Waals surface area contributed by atoms with Crippen molar-refractivity contribution in [3.8, 4) is 0 Å². The van der Waals surface area contributed by atoms with Gasteiger partial charge in [-0.3, -0.25) is 0 Å². The van der Waals surface area contributed by atoms with Crippen LogP contribution in [0.4, 0.5) is 30.7 Å². The molecule has 0 saturated heterocycles. The van der Waals surface area contributed by atoms with E-state index in [4.69, 9.17) is 0 Å². The third-order valence-electron chi connectivity index (χ3n) is 6.40. The van der Waals surface area contributed by atoms with Gasteiger partial charge in [0, 0.05) is 0 Å². The van der Waals surface area contributed by atoms with Crippen molar-refractivity contribution in [1.82, 2.24) is 0 Å². The number of allylic oxidation sites excluding steroid dienone is 1. The van der Waals surface area contributed by atoms with Crippen LogP contribution in [0.5, 0.6) is 0 Å². The van der Waals surface area contributed by atoms with Crippen molar-refractivity contribution in [2.24, 2.45) is 5.92 Å². The molecule has 1 saturated carbocycles. The molecule has 8 heteroatoms. The highest BCUT2D eigenvalue weighted by Crippen LogP contribution is 2.39. The van der Waals surface area contributed by atoms with Crippen molar-refractivity contribution < 1.29 is 35.5 Å². The molecule has 0 atom stereocenters. The molecule has 0 aromatic heterocycles. The lowest BCUT2D eigenvalue weighted by Crippen LogP contribution is -2.20. The van der Waals surface area contributed by atoms with Crippen LogP contribution in [0, 0.1) is 17.6 Å². The van der Waals surface area contributed by atoms with Gasteiger partial charge in [-0.15, -0.1) is 6.58 Å². The number of ether oxygens (including phenoxy) is 1. The summed E-state index contributed by atoms with van der Waals surface area (Å²) in [4.78, 5) is 0. The SMILES string of the molecule is C=CCCC1CCC(c2ccc(C(F)(F)OCCc3cc(F)c(C(F)(F)F)c(F)c3)cc2)CC1. The number of benzene rings is 2. The van der Waals surface area contributed by atoms with E-state index in [9.17, 15) is 30.7 Å². The Balaban J connectivity index is 1.55. The van der Waals surface area contributed by atoms with Crippen LogP contribution < -0.4 is 0 Å². The van der Waals surface area contributed by atoms with Gasteiger partial charge in [-0.1, -0.05) is 30.3 Å². The highest BCUT2D eigenvalue weighted by molar-refractivity contribution is 5.29. The number of hydrogen-bond acceptors (Lipinski definition) is 1. The van der Waals surface area contributed by atoms with E-state index in [1.54, 1.807) is 12.1 Å². The summed E-state index contributed by atoms with van der Waals surface area (Å²) in [6, 6.07) is 6.90. The van der Waals surface area contributed by atoms with Gasteiger partial charge in [-0.25, -0.2) is 8.78 Å². The lowest BCUT2D eigenvalue weighted by Gasteiger charge is -2.29. The second-order valence-electron chi connectivity index (χ2n) is 8.75. The third-order valence-corrected chi connectivity index (χ3v) is 6.40. The Hall–Kier alpha value is -2.35. The molecule has 2 aromatic carbocycles. The van der Waals surface area contributed by atoms with Gasteiger partial charge in [-0.2, -0.15) is 22.0 Å².